The summed E-state index contributed by atoms with van der Waals surface area (Å²) in [6, 6.07) is 9.34. The number of ether oxygens (including phenoxy) is 1. The SMILES string of the molecule is CC(C)(C)Oc1cccc(Cn2nccc2C(N)=O)c1. The number of rotatable bonds is 4. The summed E-state index contributed by atoms with van der Waals surface area (Å²) in [5.74, 6) is 0.312. The van der Waals surface area contributed by atoms with Gasteiger partial charge in [0.05, 0.1) is 6.54 Å². The van der Waals surface area contributed by atoms with Crippen LogP contribution in [0, 0.1) is 0 Å². The van der Waals surface area contributed by atoms with E-state index in [1.54, 1.807) is 16.9 Å². The maximum atomic E-state index is 11.3. The molecule has 0 radical (unpaired) electrons. The fourth-order valence-corrected chi connectivity index (χ4v) is 1.90. The molecule has 1 amide bonds. The molecule has 0 unspecified atom stereocenters. The second kappa shape index (κ2) is 5.36. The van der Waals surface area contributed by atoms with Crippen LogP contribution in [0.25, 0.3) is 0 Å². The van der Waals surface area contributed by atoms with Gasteiger partial charge in [-0.25, -0.2) is 0 Å². The van der Waals surface area contributed by atoms with E-state index < -0.39 is 5.91 Å². The molecule has 0 bridgehead atoms. The number of benzene rings is 1. The molecule has 0 atom stereocenters. The molecule has 2 N–H and O–H groups in total. The number of carbonyl (C=O) groups excluding carboxylic acids is 1. The molecule has 2 aromatic rings. The van der Waals surface area contributed by atoms with Gasteiger partial charge < -0.3 is 10.5 Å². The fourth-order valence-electron chi connectivity index (χ4n) is 1.90. The summed E-state index contributed by atoms with van der Waals surface area (Å²) in [7, 11) is 0. The van der Waals surface area contributed by atoms with Gasteiger partial charge in [-0.2, -0.15) is 5.10 Å². The predicted molar refractivity (Wildman–Crippen MR) is 76.7 cm³/mol. The summed E-state index contributed by atoms with van der Waals surface area (Å²) in [5.41, 5.74) is 6.45. The Kier molecular flexibility index (Phi) is 3.79. The van der Waals surface area contributed by atoms with Crippen LogP contribution in [0.3, 0.4) is 0 Å². The zero-order valence-corrected chi connectivity index (χ0v) is 12.0. The van der Waals surface area contributed by atoms with Crippen molar-refractivity contribution in [3.63, 3.8) is 0 Å². The highest BCUT2D eigenvalue weighted by molar-refractivity contribution is 5.90. The highest BCUT2D eigenvalue weighted by Gasteiger charge is 2.13. The van der Waals surface area contributed by atoms with Gasteiger partial charge in [0.1, 0.15) is 17.0 Å². The molecule has 0 fully saturated rings. The van der Waals surface area contributed by atoms with Crippen LogP contribution in [0.4, 0.5) is 0 Å². The van der Waals surface area contributed by atoms with Crippen LogP contribution >= 0.6 is 0 Å². The summed E-state index contributed by atoms with van der Waals surface area (Å²) >= 11 is 0. The number of nitrogens with two attached hydrogens (primary N) is 1. The van der Waals surface area contributed by atoms with Crippen molar-refractivity contribution in [2.24, 2.45) is 5.73 Å². The molecular formula is C15H19N3O2. The summed E-state index contributed by atoms with van der Waals surface area (Å²) in [4.78, 5) is 11.3. The van der Waals surface area contributed by atoms with Gasteiger partial charge in [-0.15, -0.1) is 0 Å². The van der Waals surface area contributed by atoms with Gasteiger partial charge in [0, 0.05) is 6.20 Å². The van der Waals surface area contributed by atoms with Gasteiger partial charge in [-0.3, -0.25) is 9.48 Å². The number of amides is 1. The van der Waals surface area contributed by atoms with E-state index in [0.29, 0.717) is 12.2 Å². The Balaban J connectivity index is 2.20. The van der Waals surface area contributed by atoms with E-state index in [1.807, 2.05) is 45.0 Å². The molecule has 2 rings (SSSR count). The Morgan fingerprint density at radius 1 is 1.35 bits per heavy atom. The average molecular weight is 273 g/mol. The van der Waals surface area contributed by atoms with E-state index in [4.69, 9.17) is 10.5 Å². The Morgan fingerprint density at radius 3 is 2.75 bits per heavy atom. The minimum absolute atomic E-state index is 0.247. The van der Waals surface area contributed by atoms with Crippen LogP contribution < -0.4 is 10.5 Å². The van der Waals surface area contributed by atoms with Gasteiger partial charge in [0.2, 0.25) is 0 Å². The van der Waals surface area contributed by atoms with Gasteiger partial charge in [-0.05, 0) is 44.5 Å². The first-order chi connectivity index (χ1) is 9.35. The molecule has 1 aromatic carbocycles. The number of aromatic nitrogens is 2. The van der Waals surface area contributed by atoms with Gasteiger partial charge in [-0.1, -0.05) is 12.1 Å². The normalized spacial score (nSPS) is 11.3. The lowest BCUT2D eigenvalue weighted by Gasteiger charge is -2.21. The average Bonchev–Trinajstić information content (AvgIpc) is 2.75. The summed E-state index contributed by atoms with van der Waals surface area (Å²) in [6.45, 7) is 6.47. The van der Waals surface area contributed by atoms with Gasteiger partial charge >= 0.3 is 0 Å². The smallest absolute Gasteiger partial charge is 0.266 e. The molecule has 0 saturated heterocycles. The zero-order chi connectivity index (χ0) is 14.8. The topological polar surface area (TPSA) is 70.1 Å². The molecule has 0 saturated carbocycles. The van der Waals surface area contributed by atoms with Crippen molar-refractivity contribution in [1.29, 1.82) is 0 Å². The number of primary amides is 1. The Morgan fingerprint density at radius 2 is 2.10 bits per heavy atom. The van der Waals surface area contributed by atoms with Gasteiger partial charge in [0.25, 0.3) is 5.91 Å². The Labute approximate surface area is 118 Å². The Bertz CT molecular complexity index is 612. The van der Waals surface area contributed by atoms with Gasteiger partial charge in [0.15, 0.2) is 0 Å². The first-order valence-electron chi connectivity index (χ1n) is 6.45. The van der Waals surface area contributed by atoms with Crippen molar-refractivity contribution >= 4 is 5.91 Å². The van der Waals surface area contributed by atoms with Crippen LogP contribution in [-0.4, -0.2) is 21.3 Å². The number of hydrogen-bond acceptors (Lipinski definition) is 3. The maximum Gasteiger partial charge on any atom is 0.266 e. The van der Waals surface area contributed by atoms with Crippen LogP contribution in [0.1, 0.15) is 36.8 Å². The van der Waals surface area contributed by atoms with Crippen molar-refractivity contribution in [2.75, 3.05) is 0 Å². The van der Waals surface area contributed by atoms with Crippen LogP contribution in [0.15, 0.2) is 36.5 Å². The number of carbonyl (C=O) groups is 1. The minimum Gasteiger partial charge on any atom is -0.488 e. The summed E-state index contributed by atoms with van der Waals surface area (Å²) < 4.78 is 7.40. The molecule has 0 aliphatic carbocycles. The second-order valence-corrected chi connectivity index (χ2v) is 5.60. The first kappa shape index (κ1) is 14.1. The molecule has 5 heteroatoms. The van der Waals surface area contributed by atoms with E-state index in [2.05, 4.69) is 5.10 Å². The van der Waals surface area contributed by atoms with E-state index in [9.17, 15) is 4.79 Å². The lowest BCUT2D eigenvalue weighted by Crippen LogP contribution is -2.23. The van der Waals surface area contributed by atoms with Crippen LogP contribution in [0.5, 0.6) is 5.75 Å². The third-order valence-electron chi connectivity index (χ3n) is 2.62. The molecule has 5 nitrogen and oxygen atoms in total. The summed E-state index contributed by atoms with van der Waals surface area (Å²) in [6.07, 6.45) is 1.57. The Hall–Kier alpha value is -2.30. The quantitative estimate of drug-likeness (QED) is 0.928. The lowest BCUT2D eigenvalue weighted by atomic mass is 10.1. The van der Waals surface area contributed by atoms with E-state index in [1.165, 1.54) is 0 Å². The van der Waals surface area contributed by atoms with Crippen LogP contribution in [0.2, 0.25) is 0 Å². The standard InChI is InChI=1S/C15H19N3O2/c1-15(2,3)20-12-6-4-5-11(9-12)10-18-13(14(16)19)7-8-17-18/h4-9H,10H2,1-3H3,(H2,16,19). The highest BCUT2D eigenvalue weighted by Crippen LogP contribution is 2.20. The lowest BCUT2D eigenvalue weighted by molar-refractivity contribution is 0.0990. The zero-order valence-electron chi connectivity index (χ0n) is 12.0. The van der Waals surface area contributed by atoms with Crippen molar-refractivity contribution < 1.29 is 9.53 Å². The molecule has 1 heterocycles. The molecule has 0 spiro atoms. The monoisotopic (exact) mass is 273 g/mol. The molecule has 106 valence electrons. The van der Waals surface area contributed by atoms with E-state index in [0.717, 1.165) is 11.3 Å². The number of hydrogen-bond donors (Lipinski definition) is 1. The van der Waals surface area contributed by atoms with E-state index in [-0.39, 0.29) is 5.60 Å². The van der Waals surface area contributed by atoms with E-state index >= 15 is 0 Å². The third kappa shape index (κ3) is 3.60. The van der Waals surface area contributed by atoms with Crippen molar-refractivity contribution in [3.05, 3.63) is 47.8 Å². The minimum atomic E-state index is -0.482. The maximum absolute atomic E-state index is 11.3. The second-order valence-electron chi connectivity index (χ2n) is 5.60. The first-order valence-corrected chi connectivity index (χ1v) is 6.45. The highest BCUT2D eigenvalue weighted by atomic mass is 16.5. The largest absolute Gasteiger partial charge is 0.488 e. The van der Waals surface area contributed by atoms with Crippen molar-refractivity contribution in [2.45, 2.75) is 32.9 Å². The van der Waals surface area contributed by atoms with Crippen molar-refractivity contribution in [3.8, 4) is 5.75 Å². The predicted octanol–water partition coefficient (Wildman–Crippen LogP) is 2.21. The van der Waals surface area contributed by atoms with Crippen molar-refractivity contribution in [1.82, 2.24) is 9.78 Å². The van der Waals surface area contributed by atoms with Crippen LogP contribution in [-0.2, 0) is 6.54 Å². The third-order valence-corrected chi connectivity index (χ3v) is 2.62. The molecular weight excluding hydrogens is 254 g/mol. The molecule has 1 aromatic heterocycles. The molecule has 20 heavy (non-hydrogen) atoms. The summed E-state index contributed by atoms with van der Waals surface area (Å²) in [5, 5.41) is 4.11. The fraction of sp³-hybridized carbons (Fsp3) is 0.333. The number of nitrogens with zero attached hydrogens (tertiary/aromatic N) is 2. The molecule has 0 aliphatic heterocycles. The molecule has 0 aliphatic rings.